The molecular formula is C26H26O5. The first kappa shape index (κ1) is 20.7. The second-order valence-corrected chi connectivity index (χ2v) is 7.24. The van der Waals surface area contributed by atoms with E-state index < -0.39 is 0 Å². The molecule has 1 aliphatic rings. The summed E-state index contributed by atoms with van der Waals surface area (Å²) in [6.45, 7) is 0. The summed E-state index contributed by atoms with van der Waals surface area (Å²) in [7, 11) is 8.33. The number of hydrogen-bond acceptors (Lipinski definition) is 5. The summed E-state index contributed by atoms with van der Waals surface area (Å²) >= 11 is 0. The van der Waals surface area contributed by atoms with Crippen molar-refractivity contribution in [1.29, 1.82) is 0 Å². The molecule has 0 heterocycles. The van der Waals surface area contributed by atoms with Gasteiger partial charge in [-0.1, -0.05) is 12.1 Å². The first-order chi connectivity index (χ1) is 15.1. The molecule has 0 spiro atoms. The van der Waals surface area contributed by atoms with Crippen molar-refractivity contribution in [2.24, 2.45) is 0 Å². The fourth-order valence-corrected chi connectivity index (χ4v) is 4.12. The van der Waals surface area contributed by atoms with E-state index in [1.165, 1.54) is 0 Å². The lowest BCUT2D eigenvalue weighted by atomic mass is 9.84. The Balaban J connectivity index is 1.94. The molecule has 0 saturated heterocycles. The van der Waals surface area contributed by atoms with Crippen LogP contribution in [-0.4, -0.2) is 35.5 Å². The zero-order valence-electron chi connectivity index (χ0n) is 18.4. The molecule has 0 fully saturated rings. The van der Waals surface area contributed by atoms with Gasteiger partial charge in [0.2, 0.25) is 0 Å². The highest BCUT2D eigenvalue weighted by Gasteiger charge is 2.32. The van der Waals surface area contributed by atoms with E-state index in [4.69, 9.17) is 23.7 Å². The summed E-state index contributed by atoms with van der Waals surface area (Å²) in [6.07, 6.45) is 2.19. The van der Waals surface area contributed by atoms with Gasteiger partial charge in [0.25, 0.3) is 0 Å². The summed E-state index contributed by atoms with van der Waals surface area (Å²) in [5.74, 6) is 3.77. The van der Waals surface area contributed by atoms with Crippen LogP contribution in [0.4, 0.5) is 0 Å². The van der Waals surface area contributed by atoms with Crippen LogP contribution in [0.2, 0.25) is 0 Å². The Bertz CT molecular complexity index is 1090. The van der Waals surface area contributed by atoms with Crippen molar-refractivity contribution in [2.75, 3.05) is 35.5 Å². The third-order valence-corrected chi connectivity index (χ3v) is 5.64. The Hall–Kier alpha value is -3.60. The maximum Gasteiger partial charge on any atom is 0.127 e. The molecule has 1 aliphatic carbocycles. The summed E-state index contributed by atoms with van der Waals surface area (Å²) in [4.78, 5) is 0. The molecule has 1 atom stereocenters. The van der Waals surface area contributed by atoms with Crippen LogP contribution >= 0.6 is 0 Å². The van der Waals surface area contributed by atoms with Crippen molar-refractivity contribution >= 4 is 11.6 Å². The molecule has 0 amide bonds. The Kier molecular flexibility index (Phi) is 5.76. The van der Waals surface area contributed by atoms with Gasteiger partial charge >= 0.3 is 0 Å². The summed E-state index contributed by atoms with van der Waals surface area (Å²) in [5.41, 5.74) is 5.46. The van der Waals surface area contributed by atoms with Crippen LogP contribution < -0.4 is 23.7 Å². The molecule has 0 radical (unpaired) electrons. The van der Waals surface area contributed by atoms with E-state index >= 15 is 0 Å². The fourth-order valence-electron chi connectivity index (χ4n) is 4.12. The van der Waals surface area contributed by atoms with E-state index in [-0.39, 0.29) is 5.92 Å². The molecule has 3 aromatic carbocycles. The first-order valence-electron chi connectivity index (χ1n) is 9.96. The molecule has 31 heavy (non-hydrogen) atoms. The summed E-state index contributed by atoms with van der Waals surface area (Å²) in [5, 5.41) is 0. The monoisotopic (exact) mass is 418 g/mol. The third kappa shape index (κ3) is 3.79. The van der Waals surface area contributed by atoms with Gasteiger partial charge in [-0.2, -0.15) is 0 Å². The van der Waals surface area contributed by atoms with Crippen molar-refractivity contribution < 1.29 is 23.7 Å². The maximum atomic E-state index is 5.79. The second-order valence-electron chi connectivity index (χ2n) is 7.24. The maximum absolute atomic E-state index is 5.79. The lowest BCUT2D eigenvalue weighted by Crippen LogP contribution is -2.05. The van der Waals surface area contributed by atoms with Crippen LogP contribution in [0.1, 0.15) is 28.2 Å². The molecule has 0 aromatic heterocycles. The molecule has 1 unspecified atom stereocenters. The van der Waals surface area contributed by atoms with Crippen molar-refractivity contribution in [1.82, 2.24) is 0 Å². The van der Waals surface area contributed by atoms with Crippen LogP contribution in [0.15, 0.2) is 54.6 Å². The van der Waals surface area contributed by atoms with Crippen molar-refractivity contribution in [3.05, 3.63) is 76.9 Å². The molecular weight excluding hydrogens is 392 g/mol. The highest BCUT2D eigenvalue weighted by atomic mass is 16.5. The minimum absolute atomic E-state index is 0.0618. The standard InChI is InChI=1S/C26H26O5/c1-27-19-8-6-16(7-9-19)23-13-18-12-22(30-4)15-24(31-5)26(18)25(23)17-10-20(28-2)14-21(11-17)29-3/h6-15,25H,1-5H3. The number of hydrogen-bond donors (Lipinski definition) is 0. The lowest BCUT2D eigenvalue weighted by molar-refractivity contribution is 0.389. The van der Waals surface area contributed by atoms with E-state index in [0.29, 0.717) is 0 Å². The Morgan fingerprint density at radius 2 is 1.16 bits per heavy atom. The number of rotatable bonds is 7. The minimum Gasteiger partial charge on any atom is -0.497 e. The van der Waals surface area contributed by atoms with Gasteiger partial charge in [0.05, 0.1) is 35.5 Å². The van der Waals surface area contributed by atoms with E-state index in [9.17, 15) is 0 Å². The topological polar surface area (TPSA) is 46.2 Å². The zero-order chi connectivity index (χ0) is 22.0. The van der Waals surface area contributed by atoms with Gasteiger partial charge in [0.15, 0.2) is 0 Å². The fraction of sp³-hybridized carbons (Fsp3) is 0.231. The number of methoxy groups -OCH3 is 5. The van der Waals surface area contributed by atoms with Crippen LogP contribution in [0, 0.1) is 0 Å². The summed E-state index contributed by atoms with van der Waals surface area (Å²) < 4.78 is 27.7. The molecule has 0 saturated carbocycles. The number of fused-ring (bicyclic) bond motifs is 1. The van der Waals surface area contributed by atoms with Crippen molar-refractivity contribution in [3.8, 4) is 28.7 Å². The SMILES string of the molecule is COc1ccc(C2=Cc3cc(OC)cc(OC)c3C2c2cc(OC)cc(OC)c2)cc1. The van der Waals surface area contributed by atoms with Crippen molar-refractivity contribution in [3.63, 3.8) is 0 Å². The molecule has 4 rings (SSSR count). The molecule has 5 nitrogen and oxygen atoms in total. The van der Waals surface area contributed by atoms with Crippen LogP contribution in [0.5, 0.6) is 28.7 Å². The van der Waals surface area contributed by atoms with Gasteiger partial charge in [0, 0.05) is 23.6 Å². The molecule has 160 valence electrons. The van der Waals surface area contributed by atoms with Gasteiger partial charge in [-0.05, 0) is 58.7 Å². The van der Waals surface area contributed by atoms with Crippen LogP contribution in [0.3, 0.4) is 0 Å². The van der Waals surface area contributed by atoms with Crippen molar-refractivity contribution in [2.45, 2.75) is 5.92 Å². The number of benzene rings is 3. The highest BCUT2D eigenvalue weighted by molar-refractivity contribution is 5.95. The Morgan fingerprint density at radius 3 is 1.71 bits per heavy atom. The van der Waals surface area contributed by atoms with Gasteiger partial charge < -0.3 is 23.7 Å². The van der Waals surface area contributed by atoms with Gasteiger partial charge in [0.1, 0.15) is 28.7 Å². The second kappa shape index (κ2) is 8.64. The van der Waals surface area contributed by atoms with Gasteiger partial charge in [-0.15, -0.1) is 0 Å². The largest absolute Gasteiger partial charge is 0.497 e. The normalized spacial score (nSPS) is 14.5. The third-order valence-electron chi connectivity index (χ3n) is 5.64. The summed E-state index contributed by atoms with van der Waals surface area (Å²) in [6, 6.07) is 18.0. The highest BCUT2D eigenvalue weighted by Crippen LogP contribution is 2.51. The van der Waals surface area contributed by atoms with E-state index in [2.05, 4.69) is 18.2 Å². The minimum atomic E-state index is -0.0618. The quantitative estimate of drug-likeness (QED) is 0.513. The van der Waals surface area contributed by atoms with E-state index in [0.717, 1.165) is 56.6 Å². The molecule has 3 aromatic rings. The molecule has 0 N–H and O–H groups in total. The van der Waals surface area contributed by atoms with E-state index in [1.807, 2.05) is 42.5 Å². The Morgan fingerprint density at radius 1 is 0.581 bits per heavy atom. The molecule has 0 bridgehead atoms. The zero-order valence-corrected chi connectivity index (χ0v) is 18.4. The first-order valence-corrected chi connectivity index (χ1v) is 9.96. The molecule has 5 heteroatoms. The predicted octanol–water partition coefficient (Wildman–Crippen LogP) is 5.42. The van der Waals surface area contributed by atoms with E-state index in [1.54, 1.807) is 35.5 Å². The average molecular weight is 418 g/mol. The number of ether oxygens (including phenoxy) is 5. The number of allylic oxidation sites excluding steroid dienone is 1. The van der Waals surface area contributed by atoms with Crippen LogP contribution in [0.25, 0.3) is 11.6 Å². The van der Waals surface area contributed by atoms with Gasteiger partial charge in [-0.25, -0.2) is 0 Å². The van der Waals surface area contributed by atoms with Crippen LogP contribution in [-0.2, 0) is 0 Å². The van der Waals surface area contributed by atoms with Gasteiger partial charge in [-0.3, -0.25) is 0 Å². The average Bonchev–Trinajstić information content (AvgIpc) is 3.22. The smallest absolute Gasteiger partial charge is 0.127 e. The predicted molar refractivity (Wildman–Crippen MR) is 122 cm³/mol. The lowest BCUT2D eigenvalue weighted by Gasteiger charge is -2.22. The molecule has 0 aliphatic heterocycles. The Labute approximate surface area is 182 Å².